The summed E-state index contributed by atoms with van der Waals surface area (Å²) in [5.74, 6) is -0.272. The number of nitrogens with two attached hydrogens (primary N) is 1. The normalized spacial score (nSPS) is 12.3. The number of carbonyl (C=O) groups excluding carboxylic acids is 1. The topological polar surface area (TPSA) is 80.5 Å². The minimum atomic E-state index is -3.98. The number of sulfonamides is 1. The van der Waals surface area contributed by atoms with Crippen molar-refractivity contribution in [2.75, 3.05) is 7.05 Å². The molecule has 0 bridgehead atoms. The first-order valence-electron chi connectivity index (χ1n) is 6.53. The molecule has 7 heteroatoms. The highest BCUT2D eigenvalue weighted by molar-refractivity contribution is 7.89. The van der Waals surface area contributed by atoms with Gasteiger partial charge in [0.1, 0.15) is 4.90 Å². The quantitative estimate of drug-likeness (QED) is 0.920. The van der Waals surface area contributed by atoms with Gasteiger partial charge in [-0.2, -0.15) is 0 Å². The molecule has 5 nitrogen and oxygen atoms in total. The van der Waals surface area contributed by atoms with Gasteiger partial charge in [0.05, 0.1) is 5.02 Å². The summed E-state index contributed by atoms with van der Waals surface area (Å²) in [5, 5.41) is 5.19. The summed E-state index contributed by atoms with van der Waals surface area (Å²) in [5.41, 5.74) is 0.408. The molecule has 0 radical (unpaired) electrons. The van der Waals surface area contributed by atoms with Gasteiger partial charge in [0, 0.05) is 18.2 Å². The van der Waals surface area contributed by atoms with Gasteiger partial charge in [-0.05, 0) is 44.9 Å². The Balaban J connectivity index is 3.40. The lowest BCUT2D eigenvalue weighted by Gasteiger charge is -2.35. The van der Waals surface area contributed by atoms with Gasteiger partial charge in [0.15, 0.2) is 0 Å². The highest BCUT2D eigenvalue weighted by atomic mass is 35.5. The molecule has 0 aliphatic heterocycles. The fourth-order valence-electron chi connectivity index (χ4n) is 1.77. The van der Waals surface area contributed by atoms with Crippen molar-refractivity contribution in [3.63, 3.8) is 0 Å². The zero-order chi connectivity index (χ0) is 16.6. The van der Waals surface area contributed by atoms with E-state index in [4.69, 9.17) is 16.7 Å². The molecule has 1 aromatic carbocycles. The molecule has 0 unspecified atom stereocenters. The molecule has 1 aromatic rings. The standard InChI is InChI=1S/C14H21ClN2O3S/c1-6-14(3,4)17(5)13(18)10-7-9(2)12(15)11(8-10)21(16,19)20/h7-8H,6H2,1-5H3,(H2,16,19,20). The number of halogens is 1. The van der Waals surface area contributed by atoms with E-state index in [0.29, 0.717) is 5.56 Å². The first-order valence-corrected chi connectivity index (χ1v) is 8.45. The first-order chi connectivity index (χ1) is 9.41. The average Bonchev–Trinajstić information content (AvgIpc) is 2.38. The van der Waals surface area contributed by atoms with Crippen LogP contribution in [0, 0.1) is 6.92 Å². The lowest BCUT2D eigenvalue weighted by Crippen LogP contribution is -2.44. The van der Waals surface area contributed by atoms with E-state index in [1.54, 1.807) is 24.9 Å². The molecule has 2 N–H and O–H groups in total. The number of hydrogen-bond donors (Lipinski definition) is 1. The van der Waals surface area contributed by atoms with Crippen LogP contribution in [0.4, 0.5) is 0 Å². The predicted octanol–water partition coefficient (Wildman–Crippen LogP) is 2.56. The molecular formula is C14H21ClN2O3S. The highest BCUT2D eigenvalue weighted by Gasteiger charge is 2.28. The van der Waals surface area contributed by atoms with E-state index in [9.17, 15) is 13.2 Å². The van der Waals surface area contributed by atoms with Gasteiger partial charge in [-0.25, -0.2) is 13.6 Å². The Kier molecular flexibility index (Phi) is 5.08. The van der Waals surface area contributed by atoms with Gasteiger partial charge < -0.3 is 4.90 Å². The van der Waals surface area contributed by atoms with Crippen LogP contribution in [0.15, 0.2) is 17.0 Å². The molecule has 118 valence electrons. The van der Waals surface area contributed by atoms with Crippen LogP contribution in [-0.4, -0.2) is 31.8 Å². The van der Waals surface area contributed by atoms with Gasteiger partial charge in [-0.1, -0.05) is 18.5 Å². The largest absolute Gasteiger partial charge is 0.337 e. The van der Waals surface area contributed by atoms with E-state index < -0.39 is 10.0 Å². The van der Waals surface area contributed by atoms with Crippen molar-refractivity contribution in [3.8, 4) is 0 Å². The molecule has 0 saturated heterocycles. The van der Waals surface area contributed by atoms with Crippen molar-refractivity contribution in [2.45, 2.75) is 44.6 Å². The van der Waals surface area contributed by atoms with E-state index >= 15 is 0 Å². The molecule has 0 spiro atoms. The third-order valence-corrected chi connectivity index (χ3v) is 5.40. The van der Waals surface area contributed by atoms with Gasteiger partial charge >= 0.3 is 0 Å². The maximum Gasteiger partial charge on any atom is 0.254 e. The second-order valence-electron chi connectivity index (χ2n) is 5.68. The number of benzene rings is 1. The van der Waals surface area contributed by atoms with Crippen molar-refractivity contribution in [1.82, 2.24) is 4.90 Å². The molecule has 21 heavy (non-hydrogen) atoms. The van der Waals surface area contributed by atoms with E-state index in [1.807, 2.05) is 20.8 Å². The summed E-state index contributed by atoms with van der Waals surface area (Å²) in [4.78, 5) is 13.9. The summed E-state index contributed by atoms with van der Waals surface area (Å²) in [6.45, 7) is 7.49. The Morgan fingerprint density at radius 1 is 1.38 bits per heavy atom. The zero-order valence-electron chi connectivity index (χ0n) is 12.9. The first kappa shape index (κ1) is 17.9. The van der Waals surface area contributed by atoms with Crippen molar-refractivity contribution < 1.29 is 13.2 Å². The third kappa shape index (κ3) is 3.75. The van der Waals surface area contributed by atoms with Crippen LogP contribution in [0.5, 0.6) is 0 Å². The third-order valence-electron chi connectivity index (χ3n) is 3.85. The molecule has 1 rings (SSSR count). The average molecular weight is 333 g/mol. The molecule has 0 aliphatic rings. The Labute approximate surface area is 131 Å². The monoisotopic (exact) mass is 332 g/mol. The highest BCUT2D eigenvalue weighted by Crippen LogP contribution is 2.28. The molecular weight excluding hydrogens is 312 g/mol. The van der Waals surface area contributed by atoms with Crippen molar-refractivity contribution in [2.24, 2.45) is 5.14 Å². The minimum absolute atomic E-state index is 0.0476. The number of primary sulfonamides is 1. The van der Waals surface area contributed by atoms with Crippen LogP contribution in [0.3, 0.4) is 0 Å². The summed E-state index contributed by atoms with van der Waals surface area (Å²) in [7, 11) is -2.29. The van der Waals surface area contributed by atoms with E-state index in [0.717, 1.165) is 6.42 Å². The predicted molar refractivity (Wildman–Crippen MR) is 84.0 cm³/mol. The van der Waals surface area contributed by atoms with Gasteiger partial charge in [-0.15, -0.1) is 0 Å². The molecule has 0 heterocycles. The van der Waals surface area contributed by atoms with Crippen molar-refractivity contribution in [3.05, 3.63) is 28.3 Å². The Morgan fingerprint density at radius 3 is 2.33 bits per heavy atom. The lowest BCUT2D eigenvalue weighted by atomic mass is 9.98. The molecule has 0 saturated carbocycles. The van der Waals surface area contributed by atoms with Crippen LogP contribution < -0.4 is 5.14 Å². The summed E-state index contributed by atoms with van der Waals surface area (Å²) >= 11 is 5.97. The molecule has 1 amide bonds. The molecule has 0 aliphatic carbocycles. The summed E-state index contributed by atoms with van der Waals surface area (Å²) < 4.78 is 23.1. The lowest BCUT2D eigenvalue weighted by molar-refractivity contribution is 0.0620. The number of hydrogen-bond acceptors (Lipinski definition) is 3. The number of rotatable bonds is 4. The zero-order valence-corrected chi connectivity index (χ0v) is 14.5. The summed E-state index contributed by atoms with van der Waals surface area (Å²) in [6, 6.07) is 2.80. The van der Waals surface area contributed by atoms with Crippen molar-refractivity contribution in [1.29, 1.82) is 0 Å². The fourth-order valence-corrected chi connectivity index (χ4v) is 2.91. The Hall–Kier alpha value is -1.11. The van der Waals surface area contributed by atoms with Crippen molar-refractivity contribution >= 4 is 27.5 Å². The maximum absolute atomic E-state index is 12.5. The minimum Gasteiger partial charge on any atom is -0.337 e. The van der Waals surface area contributed by atoms with Crippen LogP contribution in [-0.2, 0) is 10.0 Å². The van der Waals surface area contributed by atoms with Gasteiger partial charge in [-0.3, -0.25) is 4.79 Å². The van der Waals surface area contributed by atoms with Crippen LogP contribution in [0.1, 0.15) is 43.1 Å². The van der Waals surface area contributed by atoms with Gasteiger partial charge in [0.25, 0.3) is 5.91 Å². The number of amides is 1. The molecule has 0 atom stereocenters. The van der Waals surface area contributed by atoms with E-state index in [-0.39, 0.29) is 26.9 Å². The van der Waals surface area contributed by atoms with E-state index in [1.165, 1.54) is 6.07 Å². The Morgan fingerprint density at radius 2 is 1.90 bits per heavy atom. The second kappa shape index (κ2) is 5.94. The Bertz CT molecular complexity index is 669. The maximum atomic E-state index is 12.5. The van der Waals surface area contributed by atoms with Crippen LogP contribution in [0.2, 0.25) is 5.02 Å². The van der Waals surface area contributed by atoms with Gasteiger partial charge in [0.2, 0.25) is 10.0 Å². The smallest absolute Gasteiger partial charge is 0.254 e. The molecule has 0 fully saturated rings. The second-order valence-corrected chi connectivity index (χ2v) is 7.59. The number of nitrogens with zero attached hydrogens (tertiary/aromatic N) is 1. The number of carbonyl (C=O) groups is 1. The van der Waals surface area contributed by atoms with Crippen LogP contribution >= 0.6 is 11.6 Å². The summed E-state index contributed by atoms with van der Waals surface area (Å²) in [6.07, 6.45) is 0.768. The van der Waals surface area contributed by atoms with Crippen LogP contribution in [0.25, 0.3) is 0 Å². The molecule has 0 aromatic heterocycles. The van der Waals surface area contributed by atoms with E-state index in [2.05, 4.69) is 0 Å². The fraction of sp³-hybridized carbons (Fsp3) is 0.500. The SMILES string of the molecule is CCC(C)(C)N(C)C(=O)c1cc(C)c(Cl)c(S(N)(=O)=O)c1. The number of aryl methyl sites for hydroxylation is 1.